The lowest BCUT2D eigenvalue weighted by Gasteiger charge is -2.18. The van der Waals surface area contributed by atoms with E-state index in [2.05, 4.69) is 20.2 Å². The van der Waals surface area contributed by atoms with Gasteiger partial charge in [0.2, 0.25) is 11.8 Å². The Kier molecular flexibility index (Phi) is 6.63. The zero-order valence-electron chi connectivity index (χ0n) is 17.1. The summed E-state index contributed by atoms with van der Waals surface area (Å²) in [4.78, 5) is 22.5. The SMILES string of the molecule is CC(=O)N[C@@H]1CCN(c2cccc(OCc3nccn3Cc3cc(Cl)cc(Cl)c3)n2)C1. The Hall–Kier alpha value is -2.77. The number of amides is 1. The summed E-state index contributed by atoms with van der Waals surface area (Å²) in [5.41, 5.74) is 0.986. The summed E-state index contributed by atoms with van der Waals surface area (Å²) in [7, 11) is 0. The minimum atomic E-state index is -0.00700. The first kappa shape index (κ1) is 21.5. The van der Waals surface area contributed by atoms with E-state index in [0.29, 0.717) is 22.5 Å². The molecule has 1 saturated heterocycles. The van der Waals surface area contributed by atoms with Crippen molar-refractivity contribution in [3.63, 3.8) is 0 Å². The number of carbonyl (C=O) groups excluding carboxylic acids is 1. The zero-order valence-corrected chi connectivity index (χ0v) is 18.6. The van der Waals surface area contributed by atoms with E-state index >= 15 is 0 Å². The number of benzene rings is 1. The van der Waals surface area contributed by atoms with E-state index in [1.165, 1.54) is 0 Å². The van der Waals surface area contributed by atoms with E-state index in [1.807, 2.05) is 41.1 Å². The van der Waals surface area contributed by atoms with Gasteiger partial charge in [0.25, 0.3) is 0 Å². The van der Waals surface area contributed by atoms with Crippen molar-refractivity contribution in [3.05, 3.63) is 70.2 Å². The molecular formula is C22H23Cl2N5O2. The molecule has 1 N–H and O–H groups in total. The number of hydrogen-bond acceptors (Lipinski definition) is 5. The number of pyridine rings is 1. The van der Waals surface area contributed by atoms with Crippen LogP contribution in [0.25, 0.3) is 0 Å². The number of halogens is 2. The highest BCUT2D eigenvalue weighted by Gasteiger charge is 2.24. The molecule has 1 aliphatic heterocycles. The van der Waals surface area contributed by atoms with Crippen LogP contribution in [0.15, 0.2) is 48.8 Å². The van der Waals surface area contributed by atoms with Crippen LogP contribution in [0.2, 0.25) is 10.0 Å². The van der Waals surface area contributed by atoms with Crippen molar-refractivity contribution in [2.45, 2.75) is 32.5 Å². The van der Waals surface area contributed by atoms with Crippen molar-refractivity contribution in [2.24, 2.45) is 0 Å². The molecule has 1 aliphatic rings. The highest BCUT2D eigenvalue weighted by molar-refractivity contribution is 6.34. The van der Waals surface area contributed by atoms with Crippen molar-refractivity contribution in [2.75, 3.05) is 18.0 Å². The lowest BCUT2D eigenvalue weighted by molar-refractivity contribution is -0.119. The van der Waals surface area contributed by atoms with E-state index in [9.17, 15) is 4.79 Å². The second kappa shape index (κ2) is 9.58. The third-order valence-electron chi connectivity index (χ3n) is 5.05. The number of ether oxygens (including phenoxy) is 1. The van der Waals surface area contributed by atoms with Gasteiger partial charge < -0.3 is 19.5 Å². The first-order valence-corrected chi connectivity index (χ1v) is 10.8. The maximum atomic E-state index is 11.3. The smallest absolute Gasteiger partial charge is 0.217 e. The van der Waals surface area contributed by atoms with Crippen LogP contribution < -0.4 is 15.0 Å². The second-order valence-electron chi connectivity index (χ2n) is 7.50. The second-order valence-corrected chi connectivity index (χ2v) is 8.38. The van der Waals surface area contributed by atoms with Gasteiger partial charge in [0.05, 0.1) is 0 Å². The molecule has 1 amide bonds. The quantitative estimate of drug-likeness (QED) is 0.579. The molecule has 9 heteroatoms. The van der Waals surface area contributed by atoms with Crippen LogP contribution in [0.1, 0.15) is 24.7 Å². The highest BCUT2D eigenvalue weighted by atomic mass is 35.5. The number of nitrogens with one attached hydrogen (secondary N) is 1. The van der Waals surface area contributed by atoms with Crippen molar-refractivity contribution in [1.82, 2.24) is 19.9 Å². The lowest BCUT2D eigenvalue weighted by atomic mass is 10.2. The van der Waals surface area contributed by atoms with E-state index < -0.39 is 0 Å². The summed E-state index contributed by atoms with van der Waals surface area (Å²) in [6, 6.07) is 11.3. The number of rotatable bonds is 7. The Morgan fingerprint density at radius 3 is 2.84 bits per heavy atom. The number of imidazole rings is 1. The molecule has 0 radical (unpaired) electrons. The van der Waals surface area contributed by atoms with Crippen molar-refractivity contribution < 1.29 is 9.53 Å². The Bertz CT molecular complexity index is 1050. The van der Waals surface area contributed by atoms with Gasteiger partial charge >= 0.3 is 0 Å². The summed E-state index contributed by atoms with van der Waals surface area (Å²) in [5.74, 6) is 2.13. The highest BCUT2D eigenvalue weighted by Crippen LogP contribution is 2.22. The van der Waals surface area contributed by atoms with Crippen LogP contribution in [0, 0.1) is 0 Å². The van der Waals surface area contributed by atoms with E-state index in [-0.39, 0.29) is 18.6 Å². The van der Waals surface area contributed by atoms with Crippen LogP contribution in [0.5, 0.6) is 5.88 Å². The van der Waals surface area contributed by atoms with Gasteiger partial charge in [0.15, 0.2) is 0 Å². The van der Waals surface area contributed by atoms with Gasteiger partial charge in [-0.3, -0.25) is 4.79 Å². The molecule has 3 aromatic rings. The Balaban J connectivity index is 1.39. The van der Waals surface area contributed by atoms with Gasteiger partial charge in [0, 0.05) is 61.1 Å². The molecule has 3 heterocycles. The van der Waals surface area contributed by atoms with Crippen molar-refractivity contribution in [3.8, 4) is 5.88 Å². The maximum Gasteiger partial charge on any atom is 0.217 e. The minimum absolute atomic E-state index is 0.00700. The van der Waals surface area contributed by atoms with Gasteiger partial charge in [-0.2, -0.15) is 4.98 Å². The molecule has 0 aliphatic carbocycles. The Morgan fingerprint density at radius 1 is 1.26 bits per heavy atom. The average Bonchev–Trinajstić information content (AvgIpc) is 3.35. The minimum Gasteiger partial charge on any atom is -0.469 e. The number of nitrogens with zero attached hydrogens (tertiary/aromatic N) is 4. The summed E-state index contributed by atoms with van der Waals surface area (Å²) in [6.45, 7) is 3.99. The number of carbonyl (C=O) groups is 1. The number of aromatic nitrogens is 3. The van der Waals surface area contributed by atoms with Gasteiger partial charge in [-0.25, -0.2) is 4.98 Å². The van der Waals surface area contributed by atoms with Crippen molar-refractivity contribution >= 4 is 34.9 Å². The van der Waals surface area contributed by atoms with Crippen molar-refractivity contribution in [1.29, 1.82) is 0 Å². The Labute approximate surface area is 191 Å². The fraction of sp³-hybridized carbons (Fsp3) is 0.318. The first-order valence-electron chi connectivity index (χ1n) is 10.0. The number of hydrogen-bond donors (Lipinski definition) is 1. The maximum absolute atomic E-state index is 11.3. The summed E-state index contributed by atoms with van der Waals surface area (Å²) < 4.78 is 7.92. The molecule has 31 heavy (non-hydrogen) atoms. The van der Waals surface area contributed by atoms with Crippen LogP contribution in [0.3, 0.4) is 0 Å². The first-order chi connectivity index (χ1) is 15.0. The van der Waals surface area contributed by atoms with Gasteiger partial charge in [-0.15, -0.1) is 0 Å². The number of anilines is 1. The predicted molar refractivity (Wildman–Crippen MR) is 121 cm³/mol. The normalized spacial score (nSPS) is 15.8. The van der Waals surface area contributed by atoms with Crippen LogP contribution in [-0.2, 0) is 17.9 Å². The largest absolute Gasteiger partial charge is 0.469 e. The topological polar surface area (TPSA) is 72.3 Å². The van der Waals surface area contributed by atoms with E-state index in [4.69, 9.17) is 27.9 Å². The summed E-state index contributed by atoms with van der Waals surface area (Å²) in [5, 5.41) is 4.17. The molecule has 1 atom stereocenters. The molecular weight excluding hydrogens is 437 g/mol. The Morgan fingerprint density at radius 2 is 2.06 bits per heavy atom. The third-order valence-corrected chi connectivity index (χ3v) is 5.49. The predicted octanol–water partition coefficient (Wildman–Crippen LogP) is 3.93. The molecule has 4 rings (SSSR count). The average molecular weight is 460 g/mol. The summed E-state index contributed by atoms with van der Waals surface area (Å²) >= 11 is 12.2. The van der Waals surface area contributed by atoms with Crippen LogP contribution >= 0.6 is 23.2 Å². The standard InChI is InChI=1S/C22H23Cl2N5O2/c1-15(30)26-19-5-7-28(13-19)20-3-2-4-22(27-20)31-14-21-25-6-8-29(21)12-16-9-17(23)11-18(24)10-16/h2-4,6,8-11,19H,5,7,12-14H2,1H3,(H,26,30)/t19-/m1/s1. The lowest BCUT2D eigenvalue weighted by Crippen LogP contribution is -2.35. The molecule has 1 aromatic carbocycles. The molecule has 1 fully saturated rings. The van der Waals surface area contributed by atoms with Crippen LogP contribution in [-0.4, -0.2) is 39.6 Å². The summed E-state index contributed by atoms with van der Waals surface area (Å²) in [6.07, 6.45) is 4.53. The third kappa shape index (κ3) is 5.68. The van der Waals surface area contributed by atoms with Crippen LogP contribution in [0.4, 0.5) is 5.82 Å². The molecule has 162 valence electrons. The molecule has 2 aromatic heterocycles. The molecule has 0 spiro atoms. The fourth-order valence-electron chi connectivity index (χ4n) is 3.70. The molecule has 0 saturated carbocycles. The monoisotopic (exact) mass is 459 g/mol. The molecule has 0 unspecified atom stereocenters. The zero-order chi connectivity index (χ0) is 21.8. The van der Waals surface area contributed by atoms with Gasteiger partial charge in [-0.05, 0) is 36.2 Å². The van der Waals surface area contributed by atoms with E-state index in [0.717, 1.165) is 36.7 Å². The van der Waals surface area contributed by atoms with Gasteiger partial charge in [-0.1, -0.05) is 29.3 Å². The molecule has 0 bridgehead atoms. The van der Waals surface area contributed by atoms with E-state index in [1.54, 1.807) is 19.2 Å². The van der Waals surface area contributed by atoms with Gasteiger partial charge in [0.1, 0.15) is 18.2 Å². The molecule has 7 nitrogen and oxygen atoms in total. The fourth-order valence-corrected chi connectivity index (χ4v) is 4.27.